The molecule has 2 saturated carbocycles. The molecule has 0 unspecified atom stereocenters. The zero-order chi connectivity index (χ0) is 15.2. The summed E-state index contributed by atoms with van der Waals surface area (Å²) in [7, 11) is 0. The van der Waals surface area contributed by atoms with Crippen LogP contribution in [-0.2, 0) is 0 Å². The Balaban J connectivity index is 1.73. The SMILES string of the molecule is CC(C)=C/C=C(\C)C1CCC(CC2CCC(C)CC2)CC1. The number of rotatable bonds is 4. The molecule has 0 bridgehead atoms. The molecule has 0 aromatic heterocycles. The molecule has 2 aliphatic rings. The van der Waals surface area contributed by atoms with Gasteiger partial charge in [0.1, 0.15) is 0 Å². The van der Waals surface area contributed by atoms with E-state index in [0.717, 1.165) is 23.7 Å². The minimum atomic E-state index is 0.864. The van der Waals surface area contributed by atoms with Gasteiger partial charge in [0, 0.05) is 0 Å². The van der Waals surface area contributed by atoms with Gasteiger partial charge in [-0.15, -0.1) is 0 Å². The molecule has 0 heteroatoms. The van der Waals surface area contributed by atoms with E-state index in [4.69, 9.17) is 0 Å². The van der Waals surface area contributed by atoms with Crippen LogP contribution in [0.15, 0.2) is 23.3 Å². The Morgan fingerprint density at radius 1 is 0.762 bits per heavy atom. The molecular weight excluding hydrogens is 252 g/mol. The summed E-state index contributed by atoms with van der Waals surface area (Å²) in [6.45, 7) is 9.15. The maximum atomic E-state index is 2.43. The minimum absolute atomic E-state index is 0.864. The summed E-state index contributed by atoms with van der Waals surface area (Å²) in [6, 6.07) is 0. The van der Waals surface area contributed by atoms with Crippen molar-refractivity contribution in [2.75, 3.05) is 0 Å². The summed E-state index contributed by atoms with van der Waals surface area (Å²) in [5, 5.41) is 0. The van der Waals surface area contributed by atoms with Gasteiger partial charge in [-0.3, -0.25) is 0 Å². The number of hydrogen-bond acceptors (Lipinski definition) is 0. The van der Waals surface area contributed by atoms with Crippen LogP contribution in [0.1, 0.15) is 85.5 Å². The monoisotopic (exact) mass is 288 g/mol. The maximum Gasteiger partial charge on any atom is -0.0203 e. The highest BCUT2D eigenvalue weighted by atomic mass is 14.3. The van der Waals surface area contributed by atoms with Gasteiger partial charge in [0.05, 0.1) is 0 Å². The molecule has 0 aliphatic heterocycles. The smallest absolute Gasteiger partial charge is 0.0203 e. The lowest BCUT2D eigenvalue weighted by Crippen LogP contribution is -2.20. The highest BCUT2D eigenvalue weighted by Crippen LogP contribution is 2.39. The zero-order valence-corrected chi connectivity index (χ0v) is 14.8. The standard InChI is InChI=1S/C21H36/c1-16(2)5-8-18(4)21-13-11-20(12-14-21)15-19-9-6-17(3)7-10-19/h5,8,17,19-21H,6-7,9-15H2,1-4H3/b18-8+. The fourth-order valence-electron chi connectivity index (χ4n) is 4.32. The second kappa shape index (κ2) is 8.20. The van der Waals surface area contributed by atoms with Gasteiger partial charge in [0.2, 0.25) is 0 Å². The summed E-state index contributed by atoms with van der Waals surface area (Å²) in [6.07, 6.45) is 18.0. The molecule has 2 aliphatic carbocycles. The van der Waals surface area contributed by atoms with Crippen LogP contribution in [0.2, 0.25) is 0 Å². The van der Waals surface area contributed by atoms with E-state index in [1.165, 1.54) is 63.4 Å². The summed E-state index contributed by atoms with van der Waals surface area (Å²) >= 11 is 0. The normalized spacial score (nSPS) is 34.6. The molecule has 0 amide bonds. The molecule has 21 heavy (non-hydrogen) atoms. The Hall–Kier alpha value is -0.520. The maximum absolute atomic E-state index is 2.43. The van der Waals surface area contributed by atoms with Crippen LogP contribution in [0.4, 0.5) is 0 Å². The van der Waals surface area contributed by atoms with Crippen molar-refractivity contribution in [3.8, 4) is 0 Å². The van der Waals surface area contributed by atoms with Crippen LogP contribution in [0.3, 0.4) is 0 Å². The number of allylic oxidation sites excluding steroid dienone is 4. The predicted octanol–water partition coefficient (Wildman–Crippen LogP) is 6.92. The van der Waals surface area contributed by atoms with E-state index in [0.29, 0.717) is 0 Å². The largest absolute Gasteiger partial charge is 0.0764 e. The van der Waals surface area contributed by atoms with Crippen molar-refractivity contribution < 1.29 is 0 Å². The molecule has 2 rings (SSSR count). The molecule has 0 aromatic carbocycles. The van der Waals surface area contributed by atoms with Gasteiger partial charge in [-0.1, -0.05) is 55.9 Å². The lowest BCUT2D eigenvalue weighted by atomic mass is 9.72. The highest BCUT2D eigenvalue weighted by molar-refractivity contribution is 5.16. The van der Waals surface area contributed by atoms with Crippen molar-refractivity contribution >= 4 is 0 Å². The van der Waals surface area contributed by atoms with Crippen LogP contribution < -0.4 is 0 Å². The van der Waals surface area contributed by atoms with Gasteiger partial charge in [0.15, 0.2) is 0 Å². The van der Waals surface area contributed by atoms with Gasteiger partial charge >= 0.3 is 0 Å². The van der Waals surface area contributed by atoms with E-state index in [-0.39, 0.29) is 0 Å². The van der Waals surface area contributed by atoms with Crippen LogP contribution in [0, 0.1) is 23.7 Å². The van der Waals surface area contributed by atoms with E-state index in [1.54, 1.807) is 5.57 Å². The third-order valence-corrected chi connectivity index (χ3v) is 5.97. The molecule has 0 aromatic rings. The lowest BCUT2D eigenvalue weighted by Gasteiger charge is -2.33. The molecule has 0 atom stereocenters. The first-order valence-corrected chi connectivity index (χ1v) is 9.36. The first-order chi connectivity index (χ1) is 10.0. The third-order valence-electron chi connectivity index (χ3n) is 5.97. The second-order valence-electron chi connectivity index (χ2n) is 8.23. The van der Waals surface area contributed by atoms with Crippen LogP contribution in [-0.4, -0.2) is 0 Å². The van der Waals surface area contributed by atoms with Crippen molar-refractivity contribution in [1.29, 1.82) is 0 Å². The van der Waals surface area contributed by atoms with Crippen molar-refractivity contribution in [2.24, 2.45) is 23.7 Å². The molecular formula is C21H36. The summed E-state index contributed by atoms with van der Waals surface area (Å²) in [5.41, 5.74) is 3.02. The predicted molar refractivity (Wildman–Crippen MR) is 94.4 cm³/mol. The molecule has 120 valence electrons. The van der Waals surface area contributed by atoms with E-state index in [1.807, 2.05) is 0 Å². The molecule has 0 saturated heterocycles. The Morgan fingerprint density at radius 3 is 1.81 bits per heavy atom. The van der Waals surface area contributed by atoms with Gasteiger partial charge in [-0.05, 0) is 76.5 Å². The van der Waals surface area contributed by atoms with Crippen molar-refractivity contribution in [2.45, 2.75) is 85.5 Å². The Labute approximate surface area is 133 Å². The van der Waals surface area contributed by atoms with E-state index in [9.17, 15) is 0 Å². The van der Waals surface area contributed by atoms with Crippen LogP contribution >= 0.6 is 0 Å². The molecule has 0 heterocycles. The van der Waals surface area contributed by atoms with Crippen molar-refractivity contribution in [3.63, 3.8) is 0 Å². The fourth-order valence-corrected chi connectivity index (χ4v) is 4.32. The highest BCUT2D eigenvalue weighted by Gasteiger charge is 2.26. The van der Waals surface area contributed by atoms with Gasteiger partial charge < -0.3 is 0 Å². The number of hydrogen-bond donors (Lipinski definition) is 0. The van der Waals surface area contributed by atoms with Gasteiger partial charge in [0.25, 0.3) is 0 Å². The van der Waals surface area contributed by atoms with E-state index in [2.05, 4.69) is 39.8 Å². The first-order valence-electron chi connectivity index (χ1n) is 9.36. The fraction of sp³-hybridized carbons (Fsp3) is 0.810. The van der Waals surface area contributed by atoms with Crippen molar-refractivity contribution in [1.82, 2.24) is 0 Å². The summed E-state index contributed by atoms with van der Waals surface area (Å²) in [4.78, 5) is 0. The Morgan fingerprint density at radius 2 is 1.29 bits per heavy atom. The van der Waals surface area contributed by atoms with Crippen LogP contribution in [0.25, 0.3) is 0 Å². The van der Waals surface area contributed by atoms with Gasteiger partial charge in [-0.25, -0.2) is 0 Å². The van der Waals surface area contributed by atoms with Crippen LogP contribution in [0.5, 0.6) is 0 Å². The summed E-state index contributed by atoms with van der Waals surface area (Å²) < 4.78 is 0. The molecule has 0 radical (unpaired) electrons. The van der Waals surface area contributed by atoms with E-state index >= 15 is 0 Å². The molecule has 0 N–H and O–H groups in total. The second-order valence-corrected chi connectivity index (χ2v) is 8.23. The first kappa shape index (κ1) is 16.8. The Kier molecular flexibility index (Phi) is 6.58. The molecule has 2 fully saturated rings. The average molecular weight is 289 g/mol. The zero-order valence-electron chi connectivity index (χ0n) is 14.8. The molecule has 0 spiro atoms. The summed E-state index contributed by atoms with van der Waals surface area (Å²) in [5.74, 6) is 3.96. The molecule has 0 nitrogen and oxygen atoms in total. The minimum Gasteiger partial charge on any atom is -0.0764 e. The Bertz CT molecular complexity index is 353. The third kappa shape index (κ3) is 5.64. The quantitative estimate of drug-likeness (QED) is 0.492. The van der Waals surface area contributed by atoms with Gasteiger partial charge in [-0.2, -0.15) is 0 Å². The lowest BCUT2D eigenvalue weighted by molar-refractivity contribution is 0.204. The van der Waals surface area contributed by atoms with E-state index < -0.39 is 0 Å². The topological polar surface area (TPSA) is 0 Å². The van der Waals surface area contributed by atoms with Crippen molar-refractivity contribution in [3.05, 3.63) is 23.3 Å². The average Bonchev–Trinajstić information content (AvgIpc) is 2.48.